The summed E-state index contributed by atoms with van der Waals surface area (Å²) < 4.78 is 10.6. The Bertz CT molecular complexity index is 868. The number of nitrogens with one attached hydrogen (secondary N) is 3. The van der Waals surface area contributed by atoms with Crippen LogP contribution in [0.15, 0.2) is 48.5 Å². The van der Waals surface area contributed by atoms with Gasteiger partial charge in [0, 0.05) is 0 Å². The number of carbonyl (C=O) groups is 3. The molecule has 0 saturated carbocycles. The summed E-state index contributed by atoms with van der Waals surface area (Å²) in [7, 11) is 0. The van der Waals surface area contributed by atoms with Crippen molar-refractivity contribution in [2.75, 3.05) is 23.8 Å². The lowest BCUT2D eigenvalue weighted by Gasteiger charge is -2.16. The zero-order valence-corrected chi connectivity index (χ0v) is 14.7. The number of hydrogen-bond acceptors (Lipinski definition) is 5. The quantitative estimate of drug-likeness (QED) is 0.718. The summed E-state index contributed by atoms with van der Waals surface area (Å²) in [4.78, 5) is 36.6. The van der Waals surface area contributed by atoms with Gasteiger partial charge in [-0.2, -0.15) is 0 Å². The lowest BCUT2D eigenvalue weighted by Crippen LogP contribution is -2.48. The number of rotatable bonds is 4. The molecular weight excluding hydrogens is 350 g/mol. The maximum absolute atomic E-state index is 12.3. The van der Waals surface area contributed by atoms with E-state index in [1.54, 1.807) is 55.5 Å². The van der Waals surface area contributed by atoms with E-state index in [1.807, 2.05) is 0 Å². The third-order valence-electron chi connectivity index (χ3n) is 3.84. The van der Waals surface area contributed by atoms with Crippen molar-refractivity contribution in [2.45, 2.75) is 13.0 Å². The highest BCUT2D eigenvalue weighted by Gasteiger charge is 2.26. The molecule has 0 unspecified atom stereocenters. The van der Waals surface area contributed by atoms with Crippen molar-refractivity contribution < 1.29 is 23.9 Å². The number of carbonyl (C=O) groups excluding carboxylic acids is 3. The number of amides is 3. The van der Waals surface area contributed by atoms with Gasteiger partial charge in [-0.1, -0.05) is 24.3 Å². The number of urea groups is 1. The predicted molar refractivity (Wildman–Crippen MR) is 98.9 cm³/mol. The van der Waals surface area contributed by atoms with Gasteiger partial charge in [0.2, 0.25) is 0 Å². The summed E-state index contributed by atoms with van der Waals surface area (Å²) in [6.07, 6.45) is 0. The van der Waals surface area contributed by atoms with Crippen LogP contribution in [0.4, 0.5) is 16.2 Å². The van der Waals surface area contributed by atoms with E-state index in [0.717, 1.165) is 0 Å². The van der Waals surface area contributed by atoms with Crippen LogP contribution in [0.3, 0.4) is 0 Å². The second-order valence-corrected chi connectivity index (χ2v) is 5.71. The van der Waals surface area contributed by atoms with Crippen LogP contribution >= 0.6 is 0 Å². The fourth-order valence-corrected chi connectivity index (χ4v) is 2.57. The summed E-state index contributed by atoms with van der Waals surface area (Å²) in [6.45, 7) is 1.90. The molecule has 0 radical (unpaired) electrons. The van der Waals surface area contributed by atoms with E-state index in [2.05, 4.69) is 16.0 Å². The van der Waals surface area contributed by atoms with E-state index < -0.39 is 23.9 Å². The number of para-hydroxylation sites is 3. The van der Waals surface area contributed by atoms with Crippen LogP contribution in [0.2, 0.25) is 0 Å². The molecule has 27 heavy (non-hydrogen) atoms. The molecule has 1 aliphatic heterocycles. The predicted octanol–water partition coefficient (Wildman–Crippen LogP) is 2.38. The van der Waals surface area contributed by atoms with Crippen LogP contribution in [0.1, 0.15) is 17.3 Å². The second kappa shape index (κ2) is 8.22. The molecule has 0 fully saturated rings. The Morgan fingerprint density at radius 2 is 1.93 bits per heavy atom. The highest BCUT2D eigenvalue weighted by molar-refractivity contribution is 6.03. The van der Waals surface area contributed by atoms with E-state index in [-0.39, 0.29) is 24.5 Å². The van der Waals surface area contributed by atoms with Gasteiger partial charge >= 0.3 is 12.0 Å². The van der Waals surface area contributed by atoms with Crippen molar-refractivity contribution in [2.24, 2.45) is 0 Å². The number of esters is 1. The second-order valence-electron chi connectivity index (χ2n) is 5.71. The Labute approximate surface area is 155 Å². The van der Waals surface area contributed by atoms with Gasteiger partial charge in [0.05, 0.1) is 23.5 Å². The fourth-order valence-electron chi connectivity index (χ4n) is 2.57. The Morgan fingerprint density at radius 3 is 2.74 bits per heavy atom. The van der Waals surface area contributed by atoms with Gasteiger partial charge < -0.3 is 25.4 Å². The first-order valence-corrected chi connectivity index (χ1v) is 8.45. The Balaban J connectivity index is 1.67. The summed E-state index contributed by atoms with van der Waals surface area (Å²) in [5.41, 5.74) is 1.05. The zero-order chi connectivity index (χ0) is 19.2. The molecule has 0 spiro atoms. The monoisotopic (exact) mass is 369 g/mol. The molecular formula is C19H19N3O5. The molecule has 3 amide bonds. The van der Waals surface area contributed by atoms with Crippen LogP contribution in [0.25, 0.3) is 0 Å². The van der Waals surface area contributed by atoms with Crippen LogP contribution in [-0.2, 0) is 9.53 Å². The third-order valence-corrected chi connectivity index (χ3v) is 3.84. The molecule has 2 aromatic carbocycles. The smallest absolute Gasteiger partial charge is 0.340 e. The molecule has 8 nitrogen and oxygen atoms in total. The summed E-state index contributed by atoms with van der Waals surface area (Å²) >= 11 is 0. The molecule has 0 aromatic heterocycles. The van der Waals surface area contributed by atoms with Crippen molar-refractivity contribution in [3.05, 3.63) is 54.1 Å². The minimum absolute atomic E-state index is 0.0181. The molecule has 3 N–H and O–H groups in total. The van der Waals surface area contributed by atoms with E-state index >= 15 is 0 Å². The molecule has 1 heterocycles. The fraction of sp³-hybridized carbons (Fsp3) is 0.211. The maximum Gasteiger partial charge on any atom is 0.340 e. The van der Waals surface area contributed by atoms with E-state index in [1.165, 1.54) is 0 Å². The van der Waals surface area contributed by atoms with E-state index in [9.17, 15) is 14.4 Å². The topological polar surface area (TPSA) is 106 Å². The van der Waals surface area contributed by atoms with Gasteiger partial charge in [-0.3, -0.25) is 4.79 Å². The standard InChI is InChI=1S/C19H19N3O5/c1-2-26-18(24)12-7-3-4-8-13(12)21-19(25)22-15-11-27-16-10-6-5-9-14(16)20-17(15)23/h3-10,15H,2,11H2,1H3,(H,20,23)(H2,21,22,25)/t15-/m1/s1. The van der Waals surface area contributed by atoms with Crippen molar-refractivity contribution in [3.63, 3.8) is 0 Å². The molecule has 2 aromatic rings. The third kappa shape index (κ3) is 4.35. The highest BCUT2D eigenvalue weighted by Crippen LogP contribution is 2.26. The van der Waals surface area contributed by atoms with E-state index in [4.69, 9.17) is 9.47 Å². The van der Waals surface area contributed by atoms with Gasteiger partial charge in [-0.15, -0.1) is 0 Å². The molecule has 0 aliphatic carbocycles. The zero-order valence-electron chi connectivity index (χ0n) is 14.7. The van der Waals surface area contributed by atoms with Crippen LogP contribution in [0, 0.1) is 0 Å². The van der Waals surface area contributed by atoms with Gasteiger partial charge in [-0.05, 0) is 31.2 Å². The minimum atomic E-state index is -0.896. The lowest BCUT2D eigenvalue weighted by molar-refractivity contribution is -0.118. The molecule has 0 saturated heterocycles. The van der Waals surface area contributed by atoms with Crippen molar-refractivity contribution in [3.8, 4) is 5.75 Å². The Morgan fingerprint density at radius 1 is 1.19 bits per heavy atom. The van der Waals surface area contributed by atoms with Crippen molar-refractivity contribution in [1.82, 2.24) is 5.32 Å². The summed E-state index contributed by atoms with van der Waals surface area (Å²) in [5, 5.41) is 7.83. The highest BCUT2D eigenvalue weighted by atomic mass is 16.5. The average molecular weight is 369 g/mol. The lowest BCUT2D eigenvalue weighted by atomic mass is 10.2. The van der Waals surface area contributed by atoms with Gasteiger partial charge in [0.15, 0.2) is 0 Å². The number of ether oxygens (including phenoxy) is 2. The minimum Gasteiger partial charge on any atom is -0.489 e. The van der Waals surface area contributed by atoms with E-state index in [0.29, 0.717) is 11.4 Å². The van der Waals surface area contributed by atoms with Crippen molar-refractivity contribution >= 4 is 29.3 Å². The summed E-state index contributed by atoms with van der Waals surface area (Å²) in [5.74, 6) is -0.406. The molecule has 1 atom stereocenters. The first-order valence-electron chi connectivity index (χ1n) is 8.45. The van der Waals surface area contributed by atoms with Crippen LogP contribution in [0.5, 0.6) is 5.75 Å². The van der Waals surface area contributed by atoms with Gasteiger partial charge in [-0.25, -0.2) is 9.59 Å². The molecule has 0 bridgehead atoms. The number of anilines is 2. The number of fused-ring (bicyclic) bond motifs is 1. The maximum atomic E-state index is 12.3. The normalized spacial score (nSPS) is 15.4. The summed E-state index contributed by atoms with van der Waals surface area (Å²) in [6, 6.07) is 11.9. The Hall–Kier alpha value is -3.55. The first kappa shape index (κ1) is 18.2. The molecule has 3 rings (SSSR count). The van der Waals surface area contributed by atoms with Gasteiger partial charge in [0.25, 0.3) is 5.91 Å². The first-order chi connectivity index (χ1) is 13.1. The largest absolute Gasteiger partial charge is 0.489 e. The average Bonchev–Trinajstić information content (AvgIpc) is 2.81. The van der Waals surface area contributed by atoms with Crippen LogP contribution < -0.4 is 20.7 Å². The van der Waals surface area contributed by atoms with Crippen molar-refractivity contribution in [1.29, 1.82) is 0 Å². The molecule has 1 aliphatic rings. The number of hydrogen-bond donors (Lipinski definition) is 3. The molecule has 140 valence electrons. The SMILES string of the molecule is CCOC(=O)c1ccccc1NC(=O)N[C@@H]1COc2ccccc2NC1=O. The Kier molecular flexibility index (Phi) is 5.55. The van der Waals surface area contributed by atoms with Gasteiger partial charge in [0.1, 0.15) is 18.4 Å². The molecule has 8 heteroatoms. The number of benzene rings is 2. The van der Waals surface area contributed by atoms with Crippen LogP contribution in [-0.4, -0.2) is 37.2 Å².